The van der Waals surface area contributed by atoms with Gasteiger partial charge in [0.1, 0.15) is 47.1 Å². The molecule has 2 unspecified atom stereocenters. The Kier molecular flexibility index (Phi) is 14.3. The predicted octanol–water partition coefficient (Wildman–Crippen LogP) is 11.7. The molecular weight excluding hydrogens is 585 g/mol. The Labute approximate surface area is 237 Å². The fourth-order valence-corrected chi connectivity index (χ4v) is 3.83. The van der Waals surface area contributed by atoms with Crippen molar-refractivity contribution in [1.29, 1.82) is 0 Å². The van der Waals surface area contributed by atoms with Crippen LogP contribution in [0, 0.1) is 5.92 Å². The molecule has 0 spiro atoms. The van der Waals surface area contributed by atoms with Crippen LogP contribution in [0.15, 0.2) is 107 Å². The lowest BCUT2D eigenvalue weighted by Gasteiger charge is -2.21. The average Bonchev–Trinajstić information content (AvgIpc) is 3.03. The third kappa shape index (κ3) is 10.5. The van der Waals surface area contributed by atoms with E-state index in [0.717, 1.165) is 6.08 Å². The van der Waals surface area contributed by atoms with Crippen molar-refractivity contribution in [1.82, 2.24) is 0 Å². The van der Waals surface area contributed by atoms with Crippen LogP contribution < -0.4 is 0 Å². The lowest BCUT2D eigenvalue weighted by molar-refractivity contribution is -0.187. The summed E-state index contributed by atoms with van der Waals surface area (Å²) in [7, 11) is 0. The first-order valence-corrected chi connectivity index (χ1v) is 12.8. The summed E-state index contributed by atoms with van der Waals surface area (Å²) >= 11 is 0. The van der Waals surface area contributed by atoms with Gasteiger partial charge in [0, 0.05) is 12.5 Å². The molecule has 0 heterocycles. The minimum Gasteiger partial charge on any atom is -0.429 e. The molecule has 0 aromatic carbocycles. The first kappa shape index (κ1) is 36.7. The number of allylic oxidation sites excluding steroid dienone is 13. The van der Waals surface area contributed by atoms with Crippen molar-refractivity contribution in [2.75, 3.05) is 0 Å². The molecule has 2 atom stereocenters. The van der Waals surface area contributed by atoms with Crippen LogP contribution in [0.1, 0.15) is 52.9 Å². The molecule has 0 saturated carbocycles. The smallest absolute Gasteiger partial charge is 0.429 e. The summed E-state index contributed by atoms with van der Waals surface area (Å²) in [4.78, 5) is 0. The van der Waals surface area contributed by atoms with E-state index in [0.29, 0.717) is 12.5 Å². The van der Waals surface area contributed by atoms with Crippen LogP contribution in [0.3, 0.4) is 0 Å². The molecule has 0 N–H and O–H groups in total. The highest BCUT2D eigenvalue weighted by Gasteiger charge is 2.47. The highest BCUT2D eigenvalue weighted by Crippen LogP contribution is 2.41. The zero-order valence-electron chi connectivity index (χ0n) is 23.1. The van der Waals surface area contributed by atoms with Gasteiger partial charge in [0.25, 0.3) is 0 Å². The van der Waals surface area contributed by atoms with Gasteiger partial charge in [0.15, 0.2) is 0 Å². The quantitative estimate of drug-likeness (QED) is 0.148. The van der Waals surface area contributed by atoms with Gasteiger partial charge in [-0.2, -0.15) is 22.0 Å². The minimum atomic E-state index is -5.22. The second-order valence-corrected chi connectivity index (χ2v) is 8.95. The van der Waals surface area contributed by atoms with Crippen molar-refractivity contribution in [2.45, 2.75) is 71.3 Å². The van der Waals surface area contributed by atoms with Crippen molar-refractivity contribution in [2.24, 2.45) is 5.92 Å². The van der Waals surface area contributed by atoms with Gasteiger partial charge in [-0.3, -0.25) is 0 Å². The van der Waals surface area contributed by atoms with Crippen LogP contribution in [0.4, 0.5) is 48.3 Å². The Morgan fingerprint density at radius 3 is 2.12 bits per heavy atom. The summed E-state index contributed by atoms with van der Waals surface area (Å²) in [6.45, 7) is 8.34. The van der Waals surface area contributed by atoms with Crippen LogP contribution in [-0.4, -0.2) is 18.5 Å². The van der Waals surface area contributed by atoms with Crippen LogP contribution in [-0.2, 0) is 4.74 Å². The Hall–Kier alpha value is -3.31. The van der Waals surface area contributed by atoms with Crippen molar-refractivity contribution in [3.05, 3.63) is 107 Å². The maximum absolute atomic E-state index is 15.1. The molecular formula is C30H31F11O. The van der Waals surface area contributed by atoms with Crippen molar-refractivity contribution in [3.8, 4) is 0 Å². The molecule has 0 bridgehead atoms. The summed E-state index contributed by atoms with van der Waals surface area (Å²) < 4.78 is 158. The lowest BCUT2D eigenvalue weighted by Crippen LogP contribution is -2.30. The van der Waals surface area contributed by atoms with Crippen LogP contribution >= 0.6 is 0 Å². The third-order valence-electron chi connectivity index (χ3n) is 6.10. The fourth-order valence-electron chi connectivity index (χ4n) is 3.83. The molecule has 0 amide bonds. The molecule has 12 heteroatoms. The molecule has 1 nitrogen and oxygen atoms in total. The van der Waals surface area contributed by atoms with Crippen molar-refractivity contribution in [3.63, 3.8) is 0 Å². The maximum atomic E-state index is 15.1. The highest BCUT2D eigenvalue weighted by molar-refractivity contribution is 5.41. The molecule has 234 valence electrons. The third-order valence-corrected chi connectivity index (χ3v) is 6.10. The van der Waals surface area contributed by atoms with Crippen LogP contribution in [0.2, 0.25) is 0 Å². The van der Waals surface area contributed by atoms with Gasteiger partial charge in [-0.05, 0) is 73.6 Å². The van der Waals surface area contributed by atoms with Crippen LogP contribution in [0.5, 0.6) is 0 Å². The first-order chi connectivity index (χ1) is 19.6. The molecule has 0 radical (unpaired) electrons. The fraction of sp³-hybridized carbons (Fsp3) is 0.400. The summed E-state index contributed by atoms with van der Waals surface area (Å²) in [6.07, 6.45) is -10.7. The highest BCUT2D eigenvalue weighted by atomic mass is 19.4. The zero-order valence-corrected chi connectivity index (χ0v) is 23.1. The monoisotopic (exact) mass is 616 g/mol. The van der Waals surface area contributed by atoms with E-state index >= 15 is 4.39 Å². The number of hydrogen-bond acceptors (Lipinski definition) is 1. The van der Waals surface area contributed by atoms with E-state index in [9.17, 15) is 43.9 Å². The maximum Gasteiger partial charge on any atom is 0.431 e. The van der Waals surface area contributed by atoms with E-state index in [2.05, 4.69) is 11.3 Å². The molecule has 0 aromatic heterocycles. The number of rotatable bonds is 13. The predicted molar refractivity (Wildman–Crippen MR) is 140 cm³/mol. The van der Waals surface area contributed by atoms with E-state index in [4.69, 9.17) is 0 Å². The topological polar surface area (TPSA) is 9.23 Å². The second-order valence-electron chi connectivity index (χ2n) is 8.95. The molecule has 0 aliphatic heterocycles. The molecule has 1 aliphatic rings. The average molecular weight is 617 g/mol. The van der Waals surface area contributed by atoms with Gasteiger partial charge in [-0.25, -0.2) is 26.3 Å². The first-order valence-electron chi connectivity index (χ1n) is 12.8. The molecule has 42 heavy (non-hydrogen) atoms. The summed E-state index contributed by atoms with van der Waals surface area (Å²) in [6, 6.07) is 0. The number of halogens is 11. The zero-order chi connectivity index (χ0) is 32.3. The second kappa shape index (κ2) is 16.4. The van der Waals surface area contributed by atoms with E-state index < -0.39 is 78.2 Å². The van der Waals surface area contributed by atoms with Crippen molar-refractivity contribution >= 4 is 0 Å². The van der Waals surface area contributed by atoms with Gasteiger partial charge in [-0.1, -0.05) is 32.6 Å². The molecule has 1 aliphatic carbocycles. The largest absolute Gasteiger partial charge is 0.431 e. The summed E-state index contributed by atoms with van der Waals surface area (Å²) in [5, 5.41) is 0. The number of hydrogen-bond donors (Lipinski definition) is 0. The van der Waals surface area contributed by atoms with E-state index in [1.54, 1.807) is 13.8 Å². The van der Waals surface area contributed by atoms with Crippen molar-refractivity contribution < 1.29 is 53.0 Å². The summed E-state index contributed by atoms with van der Waals surface area (Å²) in [5.74, 6) is -9.47. The standard InChI is InChI=1S/C30H31F11O/c1-5-9-25(33)19(8-4)10-12-26(34)22(18(6-2)7-3)11-13-27(35)24(17-31)30(40,41)42-21-14-20(32)15-23(28(36)16-21)29(37,38)39/h6,8-9,12-14,16-17,23,28H,2,5,7,10-11,15H2,1,3-4H3/b19-8-,22-18+,24-17-,25-9+,26-12+,27-13+. The minimum absolute atomic E-state index is 0.0554. The molecule has 1 rings (SSSR count). The van der Waals surface area contributed by atoms with E-state index in [1.807, 2.05) is 0 Å². The van der Waals surface area contributed by atoms with Gasteiger partial charge in [0.05, 0.1) is 5.92 Å². The normalized spacial score (nSPS) is 21.0. The number of ether oxygens (including phenoxy) is 1. The van der Waals surface area contributed by atoms with E-state index in [-0.39, 0.29) is 41.7 Å². The van der Waals surface area contributed by atoms with Gasteiger partial charge in [0.2, 0.25) is 0 Å². The Bertz CT molecular complexity index is 1210. The number of alkyl halides is 6. The van der Waals surface area contributed by atoms with Gasteiger partial charge < -0.3 is 4.74 Å². The lowest BCUT2D eigenvalue weighted by atomic mass is 9.99. The van der Waals surface area contributed by atoms with E-state index in [1.165, 1.54) is 25.2 Å². The molecule has 0 saturated heterocycles. The SMILES string of the molecule is C=C/C(CC)=C(C/C=C(F)\C(=C\F)C(F)(F)OC1=CC(F)C(C(F)(F)F)CC(F)=C1)\C(F)=C/CC(=C/C)/C(F)=C\CC. The van der Waals surface area contributed by atoms with Crippen LogP contribution in [0.25, 0.3) is 0 Å². The summed E-state index contributed by atoms with van der Waals surface area (Å²) in [5.41, 5.74) is -1.92. The Morgan fingerprint density at radius 1 is 1.00 bits per heavy atom. The molecule has 0 aromatic rings. The Balaban J connectivity index is 3.33. The van der Waals surface area contributed by atoms with Gasteiger partial charge in [-0.15, -0.1) is 0 Å². The van der Waals surface area contributed by atoms with Gasteiger partial charge >= 0.3 is 12.3 Å². The molecule has 0 fully saturated rings. The Morgan fingerprint density at radius 2 is 1.62 bits per heavy atom.